The Hall–Kier alpha value is -2.07. The van der Waals surface area contributed by atoms with Crippen molar-refractivity contribution in [1.29, 1.82) is 0 Å². The average Bonchev–Trinajstić information content (AvgIpc) is 2.97. The Bertz CT molecular complexity index is 508. The molecule has 98 valence electrons. The van der Waals surface area contributed by atoms with E-state index in [2.05, 4.69) is 11.7 Å². The highest BCUT2D eigenvalue weighted by Gasteiger charge is 2.03. The van der Waals surface area contributed by atoms with Crippen LogP contribution in [0.25, 0.3) is 0 Å². The number of thiophene rings is 1. The van der Waals surface area contributed by atoms with E-state index in [1.807, 2.05) is 59.1 Å². The van der Waals surface area contributed by atoms with Gasteiger partial charge in [0, 0.05) is 4.88 Å². The van der Waals surface area contributed by atoms with E-state index in [0.717, 1.165) is 10.6 Å². The molecule has 2 rings (SSSR count). The Kier molecular flexibility index (Phi) is 5.19. The van der Waals surface area contributed by atoms with Crippen LogP contribution in [0.4, 0.5) is 5.69 Å². The third kappa shape index (κ3) is 4.26. The predicted molar refractivity (Wildman–Crippen MR) is 81.9 cm³/mol. The van der Waals surface area contributed by atoms with E-state index >= 15 is 0 Å². The second-order valence-corrected chi connectivity index (χ2v) is 4.74. The minimum Gasteiger partial charge on any atom is -0.500 e. The highest BCUT2D eigenvalue weighted by molar-refractivity contribution is 7.11. The second-order valence-electron chi connectivity index (χ2n) is 3.76. The molecule has 1 aromatic carbocycles. The number of anilines is 1. The summed E-state index contributed by atoms with van der Waals surface area (Å²) in [5.41, 5.74) is 1.04. The zero-order valence-electron chi connectivity index (χ0n) is 10.6. The zero-order chi connectivity index (χ0) is 13.3. The molecule has 0 fully saturated rings. The summed E-state index contributed by atoms with van der Waals surface area (Å²) in [5.74, 6) is 0. The largest absolute Gasteiger partial charge is 0.500 e. The molecule has 0 bridgehead atoms. The standard InChI is InChI=1S/C15H16N2OS/c1-2-18-11-10-17(14-7-4-3-5-8-14)16-13-15-9-6-12-19-15/h2-9,12-13H,1,10-11H2/b16-13+. The Labute approximate surface area is 117 Å². The van der Waals surface area contributed by atoms with Gasteiger partial charge in [-0.2, -0.15) is 5.10 Å². The van der Waals surface area contributed by atoms with E-state index in [9.17, 15) is 0 Å². The number of rotatable bonds is 7. The summed E-state index contributed by atoms with van der Waals surface area (Å²) in [6.45, 7) is 4.77. The lowest BCUT2D eigenvalue weighted by molar-refractivity contribution is 0.258. The van der Waals surface area contributed by atoms with Crippen LogP contribution >= 0.6 is 11.3 Å². The Balaban J connectivity index is 2.07. The van der Waals surface area contributed by atoms with E-state index in [1.54, 1.807) is 11.3 Å². The fourth-order valence-corrected chi connectivity index (χ4v) is 2.15. The monoisotopic (exact) mass is 272 g/mol. The molecule has 0 aliphatic rings. The summed E-state index contributed by atoms with van der Waals surface area (Å²) in [4.78, 5) is 1.13. The van der Waals surface area contributed by atoms with Gasteiger partial charge in [-0.15, -0.1) is 11.3 Å². The highest BCUT2D eigenvalue weighted by Crippen LogP contribution is 2.14. The molecule has 4 heteroatoms. The smallest absolute Gasteiger partial charge is 0.107 e. The Morgan fingerprint density at radius 2 is 2.05 bits per heavy atom. The Morgan fingerprint density at radius 1 is 1.21 bits per heavy atom. The van der Waals surface area contributed by atoms with E-state index in [1.165, 1.54) is 6.26 Å². The normalized spacial score (nSPS) is 10.5. The molecule has 0 amide bonds. The van der Waals surface area contributed by atoms with Gasteiger partial charge in [-0.3, -0.25) is 5.01 Å². The molecule has 0 atom stereocenters. The maximum atomic E-state index is 5.17. The SMILES string of the molecule is C=COCCN(/N=C/c1cccs1)c1ccccc1. The topological polar surface area (TPSA) is 24.8 Å². The minimum atomic E-state index is 0.556. The van der Waals surface area contributed by atoms with Crippen molar-refractivity contribution >= 4 is 23.2 Å². The molecule has 0 radical (unpaired) electrons. The van der Waals surface area contributed by atoms with Gasteiger partial charge in [0.15, 0.2) is 0 Å². The first kappa shape index (κ1) is 13.4. The molecular formula is C15H16N2OS. The molecule has 3 nitrogen and oxygen atoms in total. The van der Waals surface area contributed by atoms with E-state index in [0.29, 0.717) is 13.2 Å². The summed E-state index contributed by atoms with van der Waals surface area (Å²) in [6.07, 6.45) is 3.32. The van der Waals surface area contributed by atoms with Crippen LogP contribution in [0.2, 0.25) is 0 Å². The summed E-state index contributed by atoms with van der Waals surface area (Å²) < 4.78 is 5.17. The fraction of sp³-hybridized carbons (Fsp3) is 0.133. The van der Waals surface area contributed by atoms with Crippen LogP contribution < -0.4 is 5.01 Å². The van der Waals surface area contributed by atoms with Crippen LogP contribution in [0, 0.1) is 0 Å². The third-order valence-electron chi connectivity index (χ3n) is 2.46. The molecule has 0 spiro atoms. The molecule has 0 N–H and O–H groups in total. The molecule has 0 saturated heterocycles. The lowest BCUT2D eigenvalue weighted by atomic mass is 10.3. The molecule has 1 aromatic heterocycles. The summed E-state index contributed by atoms with van der Waals surface area (Å²) in [5, 5.41) is 8.47. The van der Waals surface area contributed by atoms with Gasteiger partial charge in [0.2, 0.25) is 0 Å². The first-order valence-corrected chi connectivity index (χ1v) is 6.90. The molecule has 1 heterocycles. The summed E-state index contributed by atoms with van der Waals surface area (Å²) >= 11 is 1.67. The molecule has 0 aliphatic carbocycles. The Morgan fingerprint density at radius 3 is 2.74 bits per heavy atom. The van der Waals surface area contributed by atoms with Crippen molar-refractivity contribution in [2.24, 2.45) is 5.10 Å². The molecule has 0 unspecified atom stereocenters. The van der Waals surface area contributed by atoms with Gasteiger partial charge in [0.1, 0.15) is 6.61 Å². The second kappa shape index (κ2) is 7.38. The van der Waals surface area contributed by atoms with E-state index < -0.39 is 0 Å². The summed E-state index contributed by atoms with van der Waals surface area (Å²) in [7, 11) is 0. The van der Waals surface area contributed by atoms with Crippen molar-refractivity contribution < 1.29 is 4.74 Å². The van der Waals surface area contributed by atoms with Crippen LogP contribution in [-0.4, -0.2) is 19.4 Å². The van der Waals surface area contributed by atoms with Gasteiger partial charge >= 0.3 is 0 Å². The van der Waals surface area contributed by atoms with Gasteiger partial charge in [0.05, 0.1) is 24.7 Å². The number of hydrogen-bond acceptors (Lipinski definition) is 4. The quantitative estimate of drug-likeness (QED) is 0.332. The van der Waals surface area contributed by atoms with Gasteiger partial charge < -0.3 is 4.74 Å². The van der Waals surface area contributed by atoms with Crippen molar-refractivity contribution in [3.05, 3.63) is 65.6 Å². The fourth-order valence-electron chi connectivity index (χ4n) is 1.57. The van der Waals surface area contributed by atoms with Crippen LogP contribution in [-0.2, 0) is 4.74 Å². The zero-order valence-corrected chi connectivity index (χ0v) is 11.4. The maximum Gasteiger partial charge on any atom is 0.107 e. The number of para-hydroxylation sites is 1. The van der Waals surface area contributed by atoms with Crippen LogP contribution in [0.5, 0.6) is 0 Å². The average molecular weight is 272 g/mol. The molecule has 19 heavy (non-hydrogen) atoms. The van der Waals surface area contributed by atoms with E-state index in [-0.39, 0.29) is 0 Å². The number of hydrogen-bond donors (Lipinski definition) is 0. The van der Waals surface area contributed by atoms with Crippen LogP contribution in [0.15, 0.2) is 65.8 Å². The highest BCUT2D eigenvalue weighted by atomic mass is 32.1. The predicted octanol–water partition coefficient (Wildman–Crippen LogP) is 3.75. The number of hydrazone groups is 1. The van der Waals surface area contributed by atoms with Crippen LogP contribution in [0.1, 0.15) is 4.88 Å². The molecule has 0 aliphatic heterocycles. The van der Waals surface area contributed by atoms with Gasteiger partial charge in [-0.25, -0.2) is 0 Å². The van der Waals surface area contributed by atoms with Crippen LogP contribution in [0.3, 0.4) is 0 Å². The van der Waals surface area contributed by atoms with Crippen molar-refractivity contribution in [3.8, 4) is 0 Å². The molecule has 2 aromatic rings. The lowest BCUT2D eigenvalue weighted by Crippen LogP contribution is -2.21. The molecule has 0 saturated carbocycles. The van der Waals surface area contributed by atoms with Gasteiger partial charge in [0.25, 0.3) is 0 Å². The maximum absolute atomic E-state index is 5.17. The molecular weight excluding hydrogens is 256 g/mol. The van der Waals surface area contributed by atoms with Crippen molar-refractivity contribution in [2.75, 3.05) is 18.2 Å². The number of benzene rings is 1. The van der Waals surface area contributed by atoms with Gasteiger partial charge in [-0.1, -0.05) is 30.8 Å². The summed E-state index contributed by atoms with van der Waals surface area (Å²) in [6, 6.07) is 14.1. The van der Waals surface area contributed by atoms with Crippen molar-refractivity contribution in [3.63, 3.8) is 0 Å². The third-order valence-corrected chi connectivity index (χ3v) is 3.27. The van der Waals surface area contributed by atoms with Crippen molar-refractivity contribution in [2.45, 2.75) is 0 Å². The first-order chi connectivity index (χ1) is 9.40. The van der Waals surface area contributed by atoms with Crippen molar-refractivity contribution in [1.82, 2.24) is 0 Å². The first-order valence-electron chi connectivity index (χ1n) is 6.03. The van der Waals surface area contributed by atoms with E-state index in [4.69, 9.17) is 4.74 Å². The minimum absolute atomic E-state index is 0.556. The van der Waals surface area contributed by atoms with Gasteiger partial charge in [-0.05, 0) is 23.6 Å². The number of nitrogens with zero attached hydrogens (tertiary/aromatic N) is 2. The lowest BCUT2D eigenvalue weighted by Gasteiger charge is -2.18. The number of ether oxygens (including phenoxy) is 1.